The Morgan fingerprint density at radius 1 is 1.62 bits per heavy atom. The van der Waals surface area contributed by atoms with Gasteiger partial charge in [-0.25, -0.2) is 4.98 Å². The van der Waals surface area contributed by atoms with Gasteiger partial charge in [0.25, 0.3) is 0 Å². The Balaban J connectivity index is 2.30. The minimum Gasteiger partial charge on any atom is -0.354 e. The predicted octanol–water partition coefficient (Wildman–Crippen LogP) is -0.163. The van der Waals surface area contributed by atoms with Crippen molar-refractivity contribution in [3.63, 3.8) is 0 Å². The third-order valence-electron chi connectivity index (χ3n) is 2.34. The van der Waals surface area contributed by atoms with Crippen LogP contribution in [0.1, 0.15) is 26.6 Å². The van der Waals surface area contributed by atoms with Crippen LogP contribution < -0.4 is 11.1 Å². The number of amides is 1. The highest BCUT2D eigenvalue weighted by Crippen LogP contribution is 2.16. The molecule has 0 aromatic carbocycles. The molecule has 1 rings (SSSR count). The number of aromatic nitrogens is 3. The van der Waals surface area contributed by atoms with Crippen LogP contribution >= 0.6 is 0 Å². The van der Waals surface area contributed by atoms with Gasteiger partial charge >= 0.3 is 0 Å². The van der Waals surface area contributed by atoms with Crippen LogP contribution in [0.2, 0.25) is 0 Å². The van der Waals surface area contributed by atoms with Crippen LogP contribution in [0.25, 0.3) is 0 Å². The molecular weight excluding hydrogens is 206 g/mol. The van der Waals surface area contributed by atoms with E-state index >= 15 is 0 Å². The Morgan fingerprint density at radius 3 is 2.81 bits per heavy atom. The van der Waals surface area contributed by atoms with Crippen LogP contribution in [0.5, 0.6) is 0 Å². The summed E-state index contributed by atoms with van der Waals surface area (Å²) >= 11 is 0. The maximum atomic E-state index is 11.6. The first-order valence-corrected chi connectivity index (χ1v) is 5.29. The van der Waals surface area contributed by atoms with Crippen molar-refractivity contribution >= 4 is 5.91 Å². The molecule has 0 unspecified atom stereocenters. The third kappa shape index (κ3) is 3.62. The fourth-order valence-corrected chi connectivity index (χ4v) is 1.16. The van der Waals surface area contributed by atoms with Gasteiger partial charge in [0, 0.05) is 13.0 Å². The number of nitrogens with one attached hydrogen (secondary N) is 2. The molecule has 0 aliphatic heterocycles. The molecule has 1 aromatic rings. The maximum Gasteiger partial charge on any atom is 0.237 e. The summed E-state index contributed by atoms with van der Waals surface area (Å²) in [6.07, 6.45) is 2.07. The van der Waals surface area contributed by atoms with E-state index < -0.39 is 6.04 Å². The summed E-state index contributed by atoms with van der Waals surface area (Å²) in [5.74, 6) is 0.622. The van der Waals surface area contributed by atoms with Crippen molar-refractivity contribution in [2.75, 3.05) is 6.54 Å². The van der Waals surface area contributed by atoms with Gasteiger partial charge in [0.15, 0.2) is 0 Å². The summed E-state index contributed by atoms with van der Waals surface area (Å²) < 4.78 is 0. The lowest BCUT2D eigenvalue weighted by molar-refractivity contribution is -0.124. The molecule has 0 fully saturated rings. The highest BCUT2D eigenvalue weighted by molar-refractivity contribution is 5.82. The minimum atomic E-state index is -0.498. The molecule has 0 saturated carbocycles. The molecule has 16 heavy (non-hydrogen) atoms. The molecule has 1 amide bonds. The van der Waals surface area contributed by atoms with E-state index in [4.69, 9.17) is 5.73 Å². The number of carbonyl (C=O) groups is 1. The topological polar surface area (TPSA) is 96.7 Å². The zero-order valence-electron chi connectivity index (χ0n) is 9.95. The number of carbonyl (C=O) groups excluding carboxylic acids is 1. The van der Waals surface area contributed by atoms with Gasteiger partial charge in [-0.3, -0.25) is 9.89 Å². The van der Waals surface area contributed by atoms with Crippen LogP contribution in [0.4, 0.5) is 0 Å². The van der Waals surface area contributed by atoms with Crippen LogP contribution in [0.15, 0.2) is 6.33 Å². The van der Waals surface area contributed by atoms with Crippen LogP contribution in [-0.2, 0) is 11.2 Å². The number of rotatable bonds is 4. The highest BCUT2D eigenvalue weighted by atomic mass is 16.2. The Hall–Kier alpha value is -1.43. The summed E-state index contributed by atoms with van der Waals surface area (Å²) in [6.45, 7) is 6.33. The van der Waals surface area contributed by atoms with Crippen molar-refractivity contribution in [3.05, 3.63) is 12.2 Å². The number of nitrogens with two attached hydrogens (primary N) is 1. The van der Waals surface area contributed by atoms with Crippen molar-refractivity contribution in [2.24, 2.45) is 11.1 Å². The quantitative estimate of drug-likeness (QED) is 0.663. The lowest BCUT2D eigenvalue weighted by Gasteiger charge is -2.25. The van der Waals surface area contributed by atoms with Crippen LogP contribution in [0, 0.1) is 5.41 Å². The molecule has 6 nitrogen and oxygen atoms in total. The van der Waals surface area contributed by atoms with Gasteiger partial charge in [-0.05, 0) is 5.41 Å². The smallest absolute Gasteiger partial charge is 0.237 e. The van der Waals surface area contributed by atoms with Gasteiger partial charge < -0.3 is 11.1 Å². The average Bonchev–Trinajstić information content (AvgIpc) is 2.67. The Labute approximate surface area is 95.0 Å². The molecule has 0 aliphatic carbocycles. The van der Waals surface area contributed by atoms with Crippen molar-refractivity contribution in [1.29, 1.82) is 0 Å². The summed E-state index contributed by atoms with van der Waals surface area (Å²) in [5, 5.41) is 9.22. The van der Waals surface area contributed by atoms with E-state index in [1.807, 2.05) is 20.8 Å². The second kappa shape index (κ2) is 5.07. The second-order valence-electron chi connectivity index (χ2n) is 4.82. The van der Waals surface area contributed by atoms with Gasteiger partial charge in [-0.15, -0.1) is 0 Å². The van der Waals surface area contributed by atoms with Crippen molar-refractivity contribution < 1.29 is 4.79 Å². The van der Waals surface area contributed by atoms with Gasteiger partial charge in [0.05, 0.1) is 6.04 Å². The number of nitrogens with zero attached hydrogens (tertiary/aromatic N) is 2. The zero-order chi connectivity index (χ0) is 12.2. The van der Waals surface area contributed by atoms with E-state index in [-0.39, 0.29) is 11.3 Å². The standard InChI is InChI=1S/C10H19N5O/c1-10(2,3)8(11)9(16)12-5-4-7-13-6-14-15-7/h6,8H,4-5,11H2,1-3H3,(H,12,16)(H,13,14,15)/t8-/m0/s1. The fraction of sp³-hybridized carbons (Fsp3) is 0.700. The second-order valence-corrected chi connectivity index (χ2v) is 4.82. The Kier molecular flexibility index (Phi) is 4.00. The monoisotopic (exact) mass is 225 g/mol. The van der Waals surface area contributed by atoms with Crippen LogP contribution in [-0.4, -0.2) is 33.7 Å². The first kappa shape index (κ1) is 12.6. The Bertz CT molecular complexity index is 327. The van der Waals surface area contributed by atoms with E-state index in [9.17, 15) is 4.79 Å². The first-order chi connectivity index (χ1) is 7.41. The number of hydrogen-bond donors (Lipinski definition) is 3. The van der Waals surface area contributed by atoms with E-state index in [2.05, 4.69) is 20.5 Å². The lowest BCUT2D eigenvalue weighted by atomic mass is 9.87. The molecule has 1 atom stereocenters. The average molecular weight is 225 g/mol. The molecule has 4 N–H and O–H groups in total. The van der Waals surface area contributed by atoms with Crippen LogP contribution in [0.3, 0.4) is 0 Å². The molecule has 0 bridgehead atoms. The molecule has 0 spiro atoms. The fourth-order valence-electron chi connectivity index (χ4n) is 1.16. The third-order valence-corrected chi connectivity index (χ3v) is 2.34. The maximum absolute atomic E-state index is 11.6. The summed E-state index contributed by atoms with van der Waals surface area (Å²) in [4.78, 5) is 15.6. The largest absolute Gasteiger partial charge is 0.354 e. The Morgan fingerprint density at radius 2 is 2.31 bits per heavy atom. The molecule has 6 heteroatoms. The SMILES string of the molecule is CC(C)(C)[C@@H](N)C(=O)NCCc1ncn[nH]1. The van der Waals surface area contributed by atoms with Gasteiger partial charge in [-0.1, -0.05) is 20.8 Å². The summed E-state index contributed by atoms with van der Waals surface area (Å²) in [6, 6.07) is -0.498. The lowest BCUT2D eigenvalue weighted by Crippen LogP contribution is -2.49. The van der Waals surface area contributed by atoms with Gasteiger partial charge in [-0.2, -0.15) is 5.10 Å². The first-order valence-electron chi connectivity index (χ1n) is 5.29. The summed E-state index contributed by atoms with van der Waals surface area (Å²) in [5.41, 5.74) is 5.58. The van der Waals surface area contributed by atoms with E-state index in [0.717, 1.165) is 5.82 Å². The van der Waals surface area contributed by atoms with E-state index in [1.54, 1.807) is 0 Å². The molecular formula is C10H19N5O. The predicted molar refractivity (Wildman–Crippen MR) is 60.5 cm³/mol. The van der Waals surface area contributed by atoms with Crippen molar-refractivity contribution in [3.8, 4) is 0 Å². The van der Waals surface area contributed by atoms with E-state index in [0.29, 0.717) is 13.0 Å². The molecule has 1 aromatic heterocycles. The summed E-state index contributed by atoms with van der Waals surface area (Å²) in [7, 11) is 0. The minimum absolute atomic E-state index is 0.132. The van der Waals surface area contributed by atoms with Gasteiger partial charge in [0.2, 0.25) is 5.91 Å². The number of hydrogen-bond acceptors (Lipinski definition) is 4. The number of aromatic amines is 1. The molecule has 1 heterocycles. The molecule has 0 radical (unpaired) electrons. The molecule has 0 aliphatic rings. The van der Waals surface area contributed by atoms with Crippen molar-refractivity contribution in [1.82, 2.24) is 20.5 Å². The number of H-pyrrole nitrogens is 1. The molecule has 0 saturated heterocycles. The van der Waals surface area contributed by atoms with Gasteiger partial charge in [0.1, 0.15) is 12.2 Å². The normalized spacial score (nSPS) is 13.5. The van der Waals surface area contributed by atoms with Crippen molar-refractivity contribution in [2.45, 2.75) is 33.2 Å². The van der Waals surface area contributed by atoms with E-state index in [1.165, 1.54) is 6.33 Å². The highest BCUT2D eigenvalue weighted by Gasteiger charge is 2.26. The molecule has 90 valence electrons. The zero-order valence-corrected chi connectivity index (χ0v) is 9.95.